The summed E-state index contributed by atoms with van der Waals surface area (Å²) in [6.07, 6.45) is -5.76. The lowest BCUT2D eigenvalue weighted by Crippen LogP contribution is -2.83. The monoisotopic (exact) mass is 496 g/mol. The summed E-state index contributed by atoms with van der Waals surface area (Å²) in [6, 6.07) is 0. The molecule has 0 aromatic heterocycles. The summed E-state index contributed by atoms with van der Waals surface area (Å²) in [7, 11) is 0. The molecule has 11 heteroatoms. The lowest BCUT2D eigenvalue weighted by Gasteiger charge is -2.67. The van der Waals surface area contributed by atoms with Gasteiger partial charge in [-0.05, 0) is 13.8 Å². The van der Waals surface area contributed by atoms with Gasteiger partial charge in [0.2, 0.25) is 0 Å². The van der Waals surface area contributed by atoms with Gasteiger partial charge in [-0.2, -0.15) is 0 Å². The van der Waals surface area contributed by atoms with Crippen LogP contribution in [0.2, 0.25) is 0 Å². The Kier molecular flexibility index (Phi) is 5.02. The second kappa shape index (κ2) is 7.10. The van der Waals surface area contributed by atoms with Gasteiger partial charge in [-0.1, -0.05) is 6.92 Å². The van der Waals surface area contributed by atoms with Gasteiger partial charge in [-0.15, -0.1) is 0 Å². The first kappa shape index (κ1) is 24.8. The molecule has 0 radical (unpaired) electrons. The Morgan fingerprint density at radius 3 is 2.26 bits per heavy atom. The zero-order chi connectivity index (χ0) is 25.9. The zero-order valence-electron chi connectivity index (χ0n) is 20.4. The Balaban J connectivity index is 1.77. The van der Waals surface area contributed by atoms with Crippen molar-refractivity contribution in [2.24, 2.45) is 22.7 Å². The third-order valence-corrected chi connectivity index (χ3v) is 9.91. The molecule has 0 aromatic carbocycles. The molecule has 5 fully saturated rings. The van der Waals surface area contributed by atoms with E-state index in [0.717, 1.165) is 0 Å². The highest BCUT2D eigenvalue weighted by Gasteiger charge is 2.83. The topological polar surface area (TPSA) is 166 Å². The summed E-state index contributed by atoms with van der Waals surface area (Å²) >= 11 is 0. The van der Waals surface area contributed by atoms with E-state index in [1.807, 2.05) is 0 Å². The maximum atomic E-state index is 14.3. The second-order valence-electron chi connectivity index (χ2n) is 11.4. The number of ketones is 2. The van der Waals surface area contributed by atoms with Crippen molar-refractivity contribution in [2.45, 2.75) is 88.7 Å². The number of esters is 2. The molecule has 2 aliphatic heterocycles. The largest absolute Gasteiger partial charge is 0.461 e. The van der Waals surface area contributed by atoms with Crippen LogP contribution in [0, 0.1) is 22.7 Å². The van der Waals surface area contributed by atoms with Crippen LogP contribution in [0.5, 0.6) is 0 Å². The summed E-state index contributed by atoms with van der Waals surface area (Å²) in [5, 5.41) is 35.6. The van der Waals surface area contributed by atoms with Crippen LogP contribution in [0.15, 0.2) is 0 Å². The van der Waals surface area contributed by atoms with Crippen LogP contribution in [-0.4, -0.2) is 93.3 Å². The van der Waals surface area contributed by atoms with E-state index >= 15 is 0 Å². The minimum atomic E-state index is -2.35. The van der Waals surface area contributed by atoms with Crippen molar-refractivity contribution in [3.05, 3.63) is 0 Å². The minimum Gasteiger partial charge on any atom is -0.461 e. The van der Waals surface area contributed by atoms with Crippen molar-refractivity contribution in [1.29, 1.82) is 0 Å². The van der Waals surface area contributed by atoms with Crippen molar-refractivity contribution in [2.75, 3.05) is 13.2 Å². The molecule has 11 atom stereocenters. The number of Topliss-reactive ketones (excluding diaryl/α,β-unsaturated/α-hetero) is 2. The molecule has 3 aliphatic carbocycles. The predicted octanol–water partition coefficient (Wildman–Crippen LogP) is -0.935. The number of hydrogen-bond donors (Lipinski definition) is 3. The number of rotatable bonds is 2. The van der Waals surface area contributed by atoms with Crippen molar-refractivity contribution >= 4 is 23.5 Å². The predicted molar refractivity (Wildman–Crippen MR) is 114 cm³/mol. The first-order chi connectivity index (χ1) is 16.1. The highest BCUT2D eigenvalue weighted by atomic mass is 16.6. The van der Waals surface area contributed by atoms with Crippen LogP contribution >= 0.6 is 0 Å². The fraction of sp³-hybridized carbons (Fsp3) is 0.833. The first-order valence-electron chi connectivity index (χ1n) is 11.9. The van der Waals surface area contributed by atoms with Gasteiger partial charge in [0.1, 0.15) is 23.9 Å². The molecule has 4 bridgehead atoms. The van der Waals surface area contributed by atoms with E-state index in [9.17, 15) is 34.5 Å². The number of carbonyl (C=O) groups is 4. The molecule has 5 rings (SSSR count). The van der Waals surface area contributed by atoms with Crippen LogP contribution in [0.25, 0.3) is 0 Å². The molecule has 0 amide bonds. The fourth-order valence-corrected chi connectivity index (χ4v) is 7.97. The van der Waals surface area contributed by atoms with E-state index in [1.165, 1.54) is 27.7 Å². The van der Waals surface area contributed by atoms with Crippen LogP contribution in [0.1, 0.15) is 47.5 Å². The molecule has 35 heavy (non-hydrogen) atoms. The molecule has 3 N–H and O–H groups in total. The molecule has 0 spiro atoms. The van der Waals surface area contributed by atoms with Crippen molar-refractivity contribution in [1.82, 2.24) is 0 Å². The third-order valence-electron chi connectivity index (χ3n) is 9.91. The van der Waals surface area contributed by atoms with Gasteiger partial charge >= 0.3 is 11.9 Å². The van der Waals surface area contributed by atoms with E-state index in [-0.39, 0.29) is 26.1 Å². The number of aliphatic hydroxyl groups is 3. The summed E-state index contributed by atoms with van der Waals surface area (Å²) < 4.78 is 22.8. The summed E-state index contributed by atoms with van der Waals surface area (Å²) in [5.74, 6) is -5.00. The zero-order valence-corrected chi connectivity index (χ0v) is 20.4. The Labute approximate surface area is 202 Å². The number of fused-ring (bicyclic) bond motifs is 3. The van der Waals surface area contributed by atoms with Gasteiger partial charge in [0, 0.05) is 43.9 Å². The third kappa shape index (κ3) is 2.58. The van der Waals surface area contributed by atoms with E-state index in [4.69, 9.17) is 18.9 Å². The molecule has 3 saturated carbocycles. The maximum absolute atomic E-state index is 14.3. The molecule has 0 unspecified atom stereocenters. The lowest BCUT2D eigenvalue weighted by atomic mass is 9.42. The molecule has 11 nitrogen and oxygen atoms in total. The Morgan fingerprint density at radius 1 is 1.06 bits per heavy atom. The standard InChI is InChI=1S/C24H32O11/c1-10(25)34-14-7-15-23(9-32-15,35-11(2)26)17-16(28)12-6-13(27)22(5)24(31,20(12,3)8-33-22)19(30)18(29)21(14,17)4/h12,14-17,19,28,30-31H,6-9H2,1-5H3/t12-,14-,15+,16+,17-,19-,20-,21+,22+,23-,24-/m0/s1. The molecule has 194 valence electrons. The van der Waals surface area contributed by atoms with E-state index < -0.39 is 87.4 Å². The van der Waals surface area contributed by atoms with E-state index in [1.54, 1.807) is 6.92 Å². The number of hydrogen-bond acceptors (Lipinski definition) is 11. The Hall–Kier alpha value is -1.92. The summed E-state index contributed by atoms with van der Waals surface area (Å²) in [5.41, 5.74) is -8.87. The molecule has 2 heterocycles. The van der Waals surface area contributed by atoms with Crippen LogP contribution in [-0.2, 0) is 38.1 Å². The van der Waals surface area contributed by atoms with Gasteiger partial charge in [0.05, 0.1) is 24.7 Å². The lowest BCUT2D eigenvalue weighted by molar-refractivity contribution is -0.343. The van der Waals surface area contributed by atoms with Crippen LogP contribution in [0.3, 0.4) is 0 Å². The molecular weight excluding hydrogens is 464 g/mol. The van der Waals surface area contributed by atoms with Gasteiger partial charge in [0.25, 0.3) is 0 Å². The molecular formula is C24H32O11. The average molecular weight is 497 g/mol. The summed E-state index contributed by atoms with van der Waals surface area (Å²) in [6.45, 7) is 6.44. The first-order valence-corrected chi connectivity index (χ1v) is 11.9. The van der Waals surface area contributed by atoms with Gasteiger partial charge in [-0.3, -0.25) is 19.2 Å². The van der Waals surface area contributed by atoms with Crippen molar-refractivity contribution in [3.8, 4) is 0 Å². The quantitative estimate of drug-likeness (QED) is 0.404. The highest BCUT2D eigenvalue weighted by molar-refractivity contribution is 5.97. The SMILES string of the molecule is CC(=O)O[C@H]1C[C@H]2OC[C@@]2(OC(C)=O)[C@H]2[C@H](O)[C@@H]3CC(=O)[C@@]4(C)OC[C@]3(C)[C@@]4(O)[C@@H](O)C(=O)[C@]12C. The average Bonchev–Trinajstić information content (AvgIpc) is 2.91. The van der Waals surface area contributed by atoms with E-state index in [0.29, 0.717) is 0 Å². The van der Waals surface area contributed by atoms with Crippen molar-refractivity contribution < 1.29 is 53.4 Å². The smallest absolute Gasteiger partial charge is 0.303 e. The normalized spacial score (nSPS) is 54.5. The second-order valence-corrected chi connectivity index (χ2v) is 11.4. The highest BCUT2D eigenvalue weighted by Crippen LogP contribution is 2.67. The van der Waals surface area contributed by atoms with Crippen LogP contribution in [0.4, 0.5) is 0 Å². The van der Waals surface area contributed by atoms with Crippen LogP contribution < -0.4 is 0 Å². The number of carbonyl (C=O) groups excluding carboxylic acids is 4. The minimum absolute atomic E-state index is 0.0297. The maximum Gasteiger partial charge on any atom is 0.303 e. The van der Waals surface area contributed by atoms with Gasteiger partial charge < -0.3 is 34.3 Å². The summed E-state index contributed by atoms with van der Waals surface area (Å²) in [4.78, 5) is 51.8. The fourth-order valence-electron chi connectivity index (χ4n) is 7.97. The number of aliphatic hydroxyl groups excluding tert-OH is 2. The van der Waals surface area contributed by atoms with E-state index in [2.05, 4.69) is 0 Å². The Bertz CT molecular complexity index is 1030. The Morgan fingerprint density at radius 2 is 1.71 bits per heavy atom. The van der Waals surface area contributed by atoms with Gasteiger partial charge in [0.15, 0.2) is 22.8 Å². The molecule has 5 aliphatic rings. The number of ether oxygens (including phenoxy) is 4. The molecule has 0 aromatic rings. The van der Waals surface area contributed by atoms with Gasteiger partial charge in [-0.25, -0.2) is 0 Å². The molecule has 2 saturated heterocycles. The van der Waals surface area contributed by atoms with Crippen molar-refractivity contribution in [3.63, 3.8) is 0 Å².